The summed E-state index contributed by atoms with van der Waals surface area (Å²) in [5.74, 6) is -1.74. The number of aliphatic carboxylic acids is 1. The van der Waals surface area contributed by atoms with Gasteiger partial charge in [0, 0.05) is 12.1 Å². The van der Waals surface area contributed by atoms with Crippen LogP contribution in [0.25, 0.3) is 0 Å². The molecule has 1 aromatic carbocycles. The first-order valence-electron chi connectivity index (χ1n) is 8.17. The molecular weight excluding hydrogens is 366 g/mol. The number of aliphatic hydroxyl groups excluding tert-OH is 1. The summed E-state index contributed by atoms with van der Waals surface area (Å²) >= 11 is 0. The normalized spacial score (nSPS) is 15.6. The molecule has 3 N–H and O–H groups in total. The van der Waals surface area contributed by atoms with Gasteiger partial charge < -0.3 is 10.2 Å². The van der Waals surface area contributed by atoms with E-state index in [1.54, 1.807) is 13.0 Å². The van der Waals surface area contributed by atoms with Gasteiger partial charge in [0.05, 0.1) is 6.61 Å². The van der Waals surface area contributed by atoms with E-state index in [9.17, 15) is 32.6 Å². The summed E-state index contributed by atoms with van der Waals surface area (Å²) in [6.45, 7) is 2.94. The van der Waals surface area contributed by atoms with Gasteiger partial charge in [-0.25, -0.2) is 4.39 Å². The smallest absolute Gasteiger partial charge is 0.412 e. The summed E-state index contributed by atoms with van der Waals surface area (Å²) in [7, 11) is 0. The molecule has 0 aromatic heterocycles. The Morgan fingerprint density at radius 3 is 2.41 bits per heavy atom. The summed E-state index contributed by atoms with van der Waals surface area (Å²) in [4.78, 5) is 11.3. The van der Waals surface area contributed by atoms with Crippen LogP contribution in [0.15, 0.2) is 41.5 Å². The van der Waals surface area contributed by atoms with Gasteiger partial charge in [-0.15, -0.1) is 0 Å². The molecule has 0 fully saturated rings. The quantitative estimate of drug-likeness (QED) is 0.470. The Morgan fingerprint density at radius 1 is 1.26 bits per heavy atom. The number of alkyl halides is 3. The molecule has 0 spiro atoms. The minimum absolute atomic E-state index is 0.0963. The van der Waals surface area contributed by atoms with Crippen molar-refractivity contribution in [1.29, 1.82) is 0 Å². The third-order valence-electron chi connectivity index (χ3n) is 4.31. The number of aliphatic hydroxyl groups is 1. The van der Waals surface area contributed by atoms with E-state index in [1.807, 2.05) is 0 Å². The number of hydrogen-bond acceptors (Lipinski definition) is 3. The first kappa shape index (κ1) is 22.9. The highest BCUT2D eigenvalue weighted by molar-refractivity contribution is 5.78. The van der Waals surface area contributed by atoms with Gasteiger partial charge in [-0.2, -0.15) is 13.2 Å². The van der Waals surface area contributed by atoms with Crippen LogP contribution in [0.5, 0.6) is 0 Å². The lowest BCUT2D eigenvalue weighted by Gasteiger charge is -2.24. The number of allylic oxidation sites excluding steroid dienone is 3. The predicted molar refractivity (Wildman–Crippen MR) is 93.9 cm³/mol. The maximum Gasteiger partial charge on any atom is 0.412 e. The third-order valence-corrected chi connectivity index (χ3v) is 4.31. The number of carboxylic acids is 1. The van der Waals surface area contributed by atoms with Gasteiger partial charge in [0.1, 0.15) is 11.4 Å². The third kappa shape index (κ3) is 6.48. The minimum atomic E-state index is -4.48. The average Bonchev–Trinajstić information content (AvgIpc) is 2.59. The van der Waals surface area contributed by atoms with Crippen molar-refractivity contribution in [2.45, 2.75) is 38.9 Å². The van der Waals surface area contributed by atoms with Crippen LogP contribution in [0.1, 0.15) is 25.0 Å². The minimum Gasteiger partial charge on any atom is -0.480 e. The summed E-state index contributed by atoms with van der Waals surface area (Å²) in [6.07, 6.45) is -2.23. The fraction of sp³-hybridized carbons (Fsp3) is 0.421. The molecule has 0 saturated heterocycles. The molecule has 1 aromatic rings. The van der Waals surface area contributed by atoms with Crippen molar-refractivity contribution in [2.75, 3.05) is 13.2 Å². The molecule has 0 bridgehead atoms. The maximum absolute atomic E-state index is 13.7. The molecule has 0 amide bonds. The highest BCUT2D eigenvalue weighted by Gasteiger charge is 2.32. The zero-order chi connectivity index (χ0) is 20.8. The fourth-order valence-electron chi connectivity index (χ4n) is 2.11. The van der Waals surface area contributed by atoms with Crippen molar-refractivity contribution in [1.82, 2.24) is 5.32 Å². The van der Waals surface area contributed by atoms with Crippen molar-refractivity contribution < 1.29 is 32.6 Å². The zero-order valence-corrected chi connectivity index (χ0v) is 15.3. The molecular formula is C19H23F4NO3. The number of carbonyl (C=O) groups is 1. The second-order valence-corrected chi connectivity index (χ2v) is 6.52. The monoisotopic (exact) mass is 389 g/mol. The van der Waals surface area contributed by atoms with Gasteiger partial charge in [0.2, 0.25) is 0 Å². The van der Waals surface area contributed by atoms with Gasteiger partial charge >= 0.3 is 12.1 Å². The van der Waals surface area contributed by atoms with Gasteiger partial charge in [-0.1, -0.05) is 29.9 Å². The number of benzene rings is 1. The Kier molecular flexibility index (Phi) is 7.74. The molecule has 27 heavy (non-hydrogen) atoms. The van der Waals surface area contributed by atoms with E-state index in [0.29, 0.717) is 16.7 Å². The van der Waals surface area contributed by atoms with Crippen LogP contribution in [-0.4, -0.2) is 41.0 Å². The number of carboxylic acid groups (broad SMARTS) is 1. The van der Waals surface area contributed by atoms with Crippen molar-refractivity contribution in [2.24, 2.45) is 0 Å². The maximum atomic E-state index is 13.7. The lowest BCUT2D eigenvalue weighted by molar-refractivity contribution is -0.145. The molecule has 1 rings (SSSR count). The largest absolute Gasteiger partial charge is 0.480 e. The topological polar surface area (TPSA) is 69.6 Å². The second kappa shape index (κ2) is 9.14. The molecule has 8 heteroatoms. The Labute approximate surface area is 155 Å². The molecule has 0 aliphatic rings. The van der Waals surface area contributed by atoms with Crippen LogP contribution in [-0.2, 0) is 11.2 Å². The summed E-state index contributed by atoms with van der Waals surface area (Å²) in [5.41, 5.74) is -1.13. The lowest BCUT2D eigenvalue weighted by Crippen LogP contribution is -2.53. The standard InChI is InChI=1S/C19H23F4NO3/c1-12(19(21,22)23)7-8-14(10-24-18(3,11-25)17(26)27)9-15-5-4-6-16(20)13(15)2/h4-8,24-25H,9-11H2,1-3H3,(H,26,27)/b12-7+,14-8+. The molecule has 0 saturated carbocycles. The molecule has 0 radical (unpaired) electrons. The molecule has 150 valence electrons. The second-order valence-electron chi connectivity index (χ2n) is 6.52. The van der Waals surface area contributed by atoms with E-state index in [2.05, 4.69) is 5.32 Å². The molecule has 0 aliphatic carbocycles. The van der Waals surface area contributed by atoms with Crippen LogP contribution in [0.3, 0.4) is 0 Å². The number of rotatable bonds is 8. The SMILES string of the molecule is C/C(=C\C=C(\CNC(C)(CO)C(=O)O)Cc1cccc(F)c1C)C(F)(F)F. The van der Waals surface area contributed by atoms with Crippen molar-refractivity contribution in [3.63, 3.8) is 0 Å². The van der Waals surface area contributed by atoms with Crippen LogP contribution in [0.2, 0.25) is 0 Å². The van der Waals surface area contributed by atoms with Crippen molar-refractivity contribution >= 4 is 5.97 Å². The zero-order valence-electron chi connectivity index (χ0n) is 15.3. The van der Waals surface area contributed by atoms with E-state index in [0.717, 1.165) is 13.0 Å². The highest BCUT2D eigenvalue weighted by atomic mass is 19.4. The number of nitrogens with one attached hydrogen (secondary N) is 1. The van der Waals surface area contributed by atoms with Crippen LogP contribution in [0.4, 0.5) is 17.6 Å². The van der Waals surface area contributed by atoms with Gasteiger partial charge in [-0.3, -0.25) is 10.1 Å². The molecule has 1 unspecified atom stereocenters. The van der Waals surface area contributed by atoms with Crippen LogP contribution in [0, 0.1) is 12.7 Å². The first-order chi connectivity index (χ1) is 12.4. The summed E-state index contributed by atoms with van der Waals surface area (Å²) < 4.78 is 51.8. The molecule has 0 aliphatic heterocycles. The highest BCUT2D eigenvalue weighted by Crippen LogP contribution is 2.25. The van der Waals surface area contributed by atoms with Crippen molar-refractivity contribution in [3.05, 3.63) is 58.4 Å². The van der Waals surface area contributed by atoms with Gasteiger partial charge in [0.15, 0.2) is 0 Å². The van der Waals surface area contributed by atoms with E-state index in [4.69, 9.17) is 0 Å². The van der Waals surface area contributed by atoms with Gasteiger partial charge in [-0.05, 0) is 44.4 Å². The van der Waals surface area contributed by atoms with Gasteiger partial charge in [0.25, 0.3) is 0 Å². The first-order valence-corrected chi connectivity index (χ1v) is 8.17. The summed E-state index contributed by atoms with van der Waals surface area (Å²) in [6, 6.07) is 4.42. The predicted octanol–water partition coefficient (Wildman–Crippen LogP) is 3.54. The van der Waals surface area contributed by atoms with E-state index < -0.39 is 35.7 Å². The van der Waals surface area contributed by atoms with E-state index >= 15 is 0 Å². The van der Waals surface area contributed by atoms with Crippen LogP contribution >= 0.6 is 0 Å². The fourth-order valence-corrected chi connectivity index (χ4v) is 2.11. The van der Waals surface area contributed by atoms with E-state index in [-0.39, 0.29) is 13.0 Å². The van der Waals surface area contributed by atoms with E-state index in [1.165, 1.54) is 25.1 Å². The molecule has 0 heterocycles. The number of hydrogen-bond donors (Lipinski definition) is 3. The molecule has 1 atom stereocenters. The Bertz CT molecular complexity index is 741. The Morgan fingerprint density at radius 2 is 1.89 bits per heavy atom. The number of halogens is 4. The lowest BCUT2D eigenvalue weighted by atomic mass is 9.98. The molecule has 4 nitrogen and oxygen atoms in total. The summed E-state index contributed by atoms with van der Waals surface area (Å²) in [5, 5.41) is 21.1. The average molecular weight is 389 g/mol. The Hall–Kier alpha value is -2.19. The van der Waals surface area contributed by atoms with Crippen LogP contribution < -0.4 is 5.32 Å². The van der Waals surface area contributed by atoms with Crippen molar-refractivity contribution in [3.8, 4) is 0 Å². The Balaban J connectivity index is 3.16.